The van der Waals surface area contributed by atoms with Crippen LogP contribution in [-0.2, 0) is 6.42 Å². The quantitative estimate of drug-likeness (QED) is 0.893. The molecule has 2 fully saturated rings. The molecule has 3 rings (SSSR count). The van der Waals surface area contributed by atoms with E-state index in [0.29, 0.717) is 5.41 Å². The monoisotopic (exact) mass is 258 g/mol. The predicted molar refractivity (Wildman–Crippen MR) is 80.4 cm³/mol. The van der Waals surface area contributed by atoms with E-state index in [0.717, 1.165) is 0 Å². The summed E-state index contributed by atoms with van der Waals surface area (Å²) in [6, 6.07) is 10.9. The van der Waals surface area contributed by atoms with Crippen LogP contribution >= 0.6 is 0 Å². The Morgan fingerprint density at radius 2 is 1.84 bits per heavy atom. The van der Waals surface area contributed by atoms with Crippen molar-refractivity contribution in [3.63, 3.8) is 0 Å². The highest BCUT2D eigenvalue weighted by Gasteiger charge is 2.36. The fourth-order valence-electron chi connectivity index (χ4n) is 3.62. The Hall–Kier alpha value is -0.860. The van der Waals surface area contributed by atoms with Crippen molar-refractivity contribution in [2.75, 3.05) is 32.7 Å². The summed E-state index contributed by atoms with van der Waals surface area (Å²) in [4.78, 5) is 2.67. The van der Waals surface area contributed by atoms with Gasteiger partial charge >= 0.3 is 0 Å². The van der Waals surface area contributed by atoms with E-state index < -0.39 is 0 Å². The zero-order valence-corrected chi connectivity index (χ0v) is 11.9. The molecule has 2 saturated heterocycles. The Morgan fingerprint density at radius 3 is 2.53 bits per heavy atom. The molecule has 0 atom stereocenters. The van der Waals surface area contributed by atoms with Crippen LogP contribution in [0.3, 0.4) is 0 Å². The molecule has 1 spiro atoms. The van der Waals surface area contributed by atoms with E-state index >= 15 is 0 Å². The Bertz CT molecular complexity index is 372. The Kier molecular flexibility index (Phi) is 4.19. The Morgan fingerprint density at radius 1 is 1.05 bits per heavy atom. The van der Waals surface area contributed by atoms with E-state index in [1.54, 1.807) is 0 Å². The third-order valence-corrected chi connectivity index (χ3v) is 5.03. The number of rotatable bonds is 4. The number of nitrogens with zero attached hydrogens (tertiary/aromatic N) is 1. The molecule has 2 nitrogen and oxygen atoms in total. The molecule has 0 bridgehead atoms. The molecule has 0 radical (unpaired) electrons. The maximum atomic E-state index is 3.54. The summed E-state index contributed by atoms with van der Waals surface area (Å²) in [5, 5.41) is 3.54. The first-order valence-corrected chi connectivity index (χ1v) is 7.83. The molecule has 2 aliphatic rings. The van der Waals surface area contributed by atoms with Gasteiger partial charge in [-0.05, 0) is 69.3 Å². The van der Waals surface area contributed by atoms with Crippen LogP contribution < -0.4 is 5.32 Å². The summed E-state index contributed by atoms with van der Waals surface area (Å²) in [5.74, 6) is 0. The van der Waals surface area contributed by atoms with Crippen molar-refractivity contribution >= 4 is 0 Å². The molecule has 1 aromatic carbocycles. The minimum Gasteiger partial charge on any atom is -0.316 e. The number of nitrogens with one attached hydrogen (secondary N) is 1. The standard InChI is InChI=1S/C17H26N2/c1-2-5-16(6-3-1)7-4-12-19-13-9-17(10-14-19)8-11-18-15-17/h1-3,5-6,18H,4,7-15H2. The number of aryl methyl sites for hydroxylation is 1. The van der Waals surface area contributed by atoms with Gasteiger partial charge in [-0.2, -0.15) is 0 Å². The van der Waals surface area contributed by atoms with Crippen molar-refractivity contribution < 1.29 is 0 Å². The van der Waals surface area contributed by atoms with Gasteiger partial charge in [0.1, 0.15) is 0 Å². The van der Waals surface area contributed by atoms with E-state index in [1.165, 1.54) is 70.4 Å². The lowest BCUT2D eigenvalue weighted by Crippen LogP contribution is -2.41. The van der Waals surface area contributed by atoms with Crippen molar-refractivity contribution in [1.29, 1.82) is 0 Å². The minimum absolute atomic E-state index is 0.663. The lowest BCUT2D eigenvalue weighted by Gasteiger charge is -2.38. The van der Waals surface area contributed by atoms with Crippen molar-refractivity contribution in [3.8, 4) is 0 Å². The summed E-state index contributed by atoms with van der Waals surface area (Å²) >= 11 is 0. The Balaban J connectivity index is 1.38. The van der Waals surface area contributed by atoms with Crippen LogP contribution in [0.2, 0.25) is 0 Å². The topological polar surface area (TPSA) is 15.3 Å². The highest BCUT2D eigenvalue weighted by atomic mass is 15.1. The molecule has 0 amide bonds. The highest BCUT2D eigenvalue weighted by Crippen LogP contribution is 2.36. The number of hydrogen-bond donors (Lipinski definition) is 1. The zero-order valence-electron chi connectivity index (χ0n) is 11.9. The van der Waals surface area contributed by atoms with E-state index in [1.807, 2.05) is 0 Å². The number of likely N-dealkylation sites (tertiary alicyclic amines) is 1. The summed E-state index contributed by atoms with van der Waals surface area (Å²) in [6.45, 7) is 6.42. The predicted octanol–water partition coefficient (Wildman–Crippen LogP) is 2.69. The number of hydrogen-bond acceptors (Lipinski definition) is 2. The van der Waals surface area contributed by atoms with E-state index in [9.17, 15) is 0 Å². The normalized spacial score (nSPS) is 22.9. The summed E-state index contributed by atoms with van der Waals surface area (Å²) in [6.07, 6.45) is 6.75. The second-order valence-electron chi connectivity index (χ2n) is 6.36. The maximum Gasteiger partial charge on any atom is 0.000924 e. The molecular formula is C17H26N2. The highest BCUT2D eigenvalue weighted by molar-refractivity contribution is 5.14. The van der Waals surface area contributed by atoms with Crippen LogP contribution in [0.4, 0.5) is 0 Å². The lowest BCUT2D eigenvalue weighted by atomic mass is 9.78. The van der Waals surface area contributed by atoms with Gasteiger partial charge in [0.25, 0.3) is 0 Å². The molecule has 0 unspecified atom stereocenters. The van der Waals surface area contributed by atoms with Crippen molar-refractivity contribution in [2.24, 2.45) is 5.41 Å². The fourth-order valence-corrected chi connectivity index (χ4v) is 3.62. The van der Waals surface area contributed by atoms with Crippen molar-refractivity contribution in [1.82, 2.24) is 10.2 Å². The first kappa shape index (κ1) is 13.1. The average Bonchev–Trinajstić information content (AvgIpc) is 2.91. The van der Waals surface area contributed by atoms with Crippen LogP contribution in [0, 0.1) is 5.41 Å². The molecule has 0 saturated carbocycles. The average molecular weight is 258 g/mol. The molecule has 1 aromatic rings. The van der Waals surface area contributed by atoms with Gasteiger partial charge in [0, 0.05) is 6.54 Å². The second-order valence-corrected chi connectivity index (χ2v) is 6.36. The third-order valence-electron chi connectivity index (χ3n) is 5.03. The van der Waals surface area contributed by atoms with Crippen LogP contribution in [0.15, 0.2) is 30.3 Å². The minimum atomic E-state index is 0.663. The maximum absolute atomic E-state index is 3.54. The molecular weight excluding hydrogens is 232 g/mol. The van der Waals surface area contributed by atoms with Gasteiger partial charge < -0.3 is 10.2 Å². The molecule has 0 aromatic heterocycles. The van der Waals surface area contributed by atoms with Gasteiger partial charge in [-0.25, -0.2) is 0 Å². The SMILES string of the molecule is c1ccc(CCCN2CCC3(CCNC3)CC2)cc1. The second kappa shape index (κ2) is 6.06. The molecule has 2 heteroatoms. The lowest BCUT2D eigenvalue weighted by molar-refractivity contribution is 0.118. The molecule has 2 heterocycles. The van der Waals surface area contributed by atoms with Gasteiger partial charge in [-0.3, -0.25) is 0 Å². The van der Waals surface area contributed by atoms with Gasteiger partial charge in [0.15, 0.2) is 0 Å². The zero-order chi connectivity index (χ0) is 13.0. The van der Waals surface area contributed by atoms with Crippen molar-refractivity contribution in [2.45, 2.75) is 32.1 Å². The van der Waals surface area contributed by atoms with Crippen LogP contribution in [0.25, 0.3) is 0 Å². The number of benzene rings is 1. The summed E-state index contributed by atoms with van der Waals surface area (Å²) < 4.78 is 0. The van der Waals surface area contributed by atoms with Gasteiger partial charge in [0.05, 0.1) is 0 Å². The fraction of sp³-hybridized carbons (Fsp3) is 0.647. The van der Waals surface area contributed by atoms with Crippen LogP contribution in [0.1, 0.15) is 31.2 Å². The third kappa shape index (κ3) is 3.37. The summed E-state index contributed by atoms with van der Waals surface area (Å²) in [7, 11) is 0. The number of piperidine rings is 1. The van der Waals surface area contributed by atoms with Crippen LogP contribution in [-0.4, -0.2) is 37.6 Å². The largest absolute Gasteiger partial charge is 0.316 e. The smallest absolute Gasteiger partial charge is 0.000924 e. The molecule has 0 aliphatic carbocycles. The molecule has 19 heavy (non-hydrogen) atoms. The van der Waals surface area contributed by atoms with Gasteiger partial charge in [0.2, 0.25) is 0 Å². The first-order chi connectivity index (χ1) is 9.36. The molecule has 2 aliphatic heterocycles. The van der Waals surface area contributed by atoms with Crippen LogP contribution in [0.5, 0.6) is 0 Å². The summed E-state index contributed by atoms with van der Waals surface area (Å²) in [5.41, 5.74) is 2.15. The van der Waals surface area contributed by atoms with E-state index in [2.05, 4.69) is 40.5 Å². The Labute approximate surface area is 117 Å². The molecule has 1 N–H and O–H groups in total. The first-order valence-electron chi connectivity index (χ1n) is 7.83. The van der Waals surface area contributed by atoms with Gasteiger partial charge in [-0.1, -0.05) is 30.3 Å². The molecule has 104 valence electrons. The van der Waals surface area contributed by atoms with E-state index in [-0.39, 0.29) is 0 Å². The van der Waals surface area contributed by atoms with E-state index in [4.69, 9.17) is 0 Å². The van der Waals surface area contributed by atoms with Crippen molar-refractivity contribution in [3.05, 3.63) is 35.9 Å². The van der Waals surface area contributed by atoms with Gasteiger partial charge in [-0.15, -0.1) is 0 Å².